The predicted octanol–water partition coefficient (Wildman–Crippen LogP) is 2.54. The molecule has 4 aromatic rings. The van der Waals surface area contributed by atoms with Gasteiger partial charge in [-0.3, -0.25) is 0 Å². The summed E-state index contributed by atoms with van der Waals surface area (Å²) < 4.78 is 0. The van der Waals surface area contributed by atoms with E-state index in [0.717, 1.165) is 0 Å². The molecule has 0 aliphatic rings. The van der Waals surface area contributed by atoms with Gasteiger partial charge in [-0.2, -0.15) is 0 Å². The van der Waals surface area contributed by atoms with Crippen LogP contribution in [0.3, 0.4) is 0 Å². The van der Waals surface area contributed by atoms with Gasteiger partial charge in [0, 0.05) is 0 Å². The third-order valence-corrected chi connectivity index (χ3v) is 9.98. The molecule has 0 unspecified atom stereocenters. The Balaban J connectivity index is 0.00000256. The highest BCUT2D eigenvalue weighted by atomic mass is 31.2. The SMILES string of the molecule is Cc1ccc([P+](c2ccc(C)cc2)(c2ccc(C)cc2)c2ccc(C)cc2)cc1.[F-]. The van der Waals surface area contributed by atoms with Gasteiger partial charge in [0.1, 0.15) is 28.5 Å². The van der Waals surface area contributed by atoms with Gasteiger partial charge in [-0.1, -0.05) is 70.8 Å². The van der Waals surface area contributed by atoms with E-state index in [4.69, 9.17) is 0 Å². The Morgan fingerprint density at radius 2 is 0.500 bits per heavy atom. The molecule has 0 spiro atoms. The molecule has 4 rings (SSSR count). The minimum absolute atomic E-state index is 0. The molecule has 0 aliphatic heterocycles. The van der Waals surface area contributed by atoms with Crippen LogP contribution in [-0.2, 0) is 0 Å². The van der Waals surface area contributed by atoms with Crippen LogP contribution >= 0.6 is 7.26 Å². The average Bonchev–Trinajstić information content (AvgIpc) is 2.73. The fourth-order valence-electron chi connectivity index (χ4n) is 3.97. The van der Waals surface area contributed by atoms with Crippen molar-refractivity contribution in [1.29, 1.82) is 0 Å². The van der Waals surface area contributed by atoms with Crippen molar-refractivity contribution in [3.8, 4) is 0 Å². The Hall–Kier alpha value is -2.76. The summed E-state index contributed by atoms with van der Waals surface area (Å²) in [4.78, 5) is 0. The van der Waals surface area contributed by atoms with E-state index in [-0.39, 0.29) is 4.70 Å². The molecule has 0 heterocycles. The second-order valence-electron chi connectivity index (χ2n) is 8.01. The monoisotopic (exact) mass is 414 g/mol. The minimum Gasteiger partial charge on any atom is -1.00 e. The second-order valence-corrected chi connectivity index (χ2v) is 11.4. The van der Waals surface area contributed by atoms with Crippen molar-refractivity contribution in [2.24, 2.45) is 0 Å². The minimum atomic E-state index is -1.98. The largest absolute Gasteiger partial charge is 1.00 e. The first-order chi connectivity index (χ1) is 14.0. The van der Waals surface area contributed by atoms with E-state index in [9.17, 15) is 0 Å². The maximum Gasteiger partial charge on any atom is 0.144 e. The van der Waals surface area contributed by atoms with Crippen LogP contribution in [0.2, 0.25) is 0 Å². The molecule has 30 heavy (non-hydrogen) atoms. The van der Waals surface area contributed by atoms with Crippen LogP contribution in [0.25, 0.3) is 0 Å². The lowest BCUT2D eigenvalue weighted by Gasteiger charge is -2.28. The van der Waals surface area contributed by atoms with Gasteiger partial charge < -0.3 is 4.70 Å². The summed E-state index contributed by atoms with van der Waals surface area (Å²) in [5.74, 6) is 0. The van der Waals surface area contributed by atoms with Crippen molar-refractivity contribution in [2.45, 2.75) is 27.7 Å². The molecule has 4 aromatic carbocycles. The molecule has 0 saturated carbocycles. The zero-order valence-corrected chi connectivity index (χ0v) is 19.0. The molecular formula is C28H28FP. The maximum absolute atomic E-state index is 2.34. The van der Waals surface area contributed by atoms with Crippen LogP contribution < -0.4 is 25.9 Å². The van der Waals surface area contributed by atoms with Gasteiger partial charge in [-0.15, -0.1) is 0 Å². The molecule has 0 amide bonds. The quantitative estimate of drug-likeness (QED) is 0.451. The lowest BCUT2D eigenvalue weighted by molar-refractivity contribution is -0.00000591. The van der Waals surface area contributed by atoms with Crippen LogP contribution in [0, 0.1) is 27.7 Å². The van der Waals surface area contributed by atoms with Gasteiger partial charge in [0.25, 0.3) is 0 Å². The van der Waals surface area contributed by atoms with Crippen molar-refractivity contribution in [1.82, 2.24) is 0 Å². The Bertz CT molecular complexity index is 906. The highest BCUT2D eigenvalue weighted by molar-refractivity contribution is 8.01. The summed E-state index contributed by atoms with van der Waals surface area (Å²) >= 11 is 0. The molecule has 0 saturated heterocycles. The molecule has 0 radical (unpaired) electrons. The molecular weight excluding hydrogens is 386 g/mol. The van der Waals surface area contributed by atoms with Gasteiger partial charge in [0.2, 0.25) is 0 Å². The topological polar surface area (TPSA) is 0 Å². The van der Waals surface area contributed by atoms with E-state index < -0.39 is 7.26 Å². The standard InChI is InChI=1S/C28H28P.FH/c1-21-5-13-25(14-6-21)29(26-15-7-22(2)8-16-26,27-17-9-23(3)10-18-27)28-19-11-24(4)12-20-28;/h5-20H,1-4H3;1H/q+1;/p-1. The first kappa shape index (κ1) is 21.9. The van der Waals surface area contributed by atoms with Gasteiger partial charge in [-0.05, 0) is 76.2 Å². The van der Waals surface area contributed by atoms with Crippen LogP contribution in [-0.4, -0.2) is 0 Å². The molecule has 0 fully saturated rings. The van der Waals surface area contributed by atoms with Crippen LogP contribution in [0.5, 0.6) is 0 Å². The zero-order valence-electron chi connectivity index (χ0n) is 18.1. The van der Waals surface area contributed by atoms with E-state index in [1.165, 1.54) is 43.5 Å². The first-order valence-corrected chi connectivity index (χ1v) is 12.0. The van der Waals surface area contributed by atoms with Crippen molar-refractivity contribution in [3.05, 3.63) is 119 Å². The molecule has 2 heteroatoms. The summed E-state index contributed by atoms with van der Waals surface area (Å²) in [6.45, 7) is 8.64. The van der Waals surface area contributed by atoms with Gasteiger partial charge >= 0.3 is 0 Å². The summed E-state index contributed by atoms with van der Waals surface area (Å²) in [6, 6.07) is 36.7. The number of benzene rings is 4. The molecule has 0 N–H and O–H groups in total. The van der Waals surface area contributed by atoms with E-state index in [1.54, 1.807) is 0 Å². The fraction of sp³-hybridized carbons (Fsp3) is 0.143. The van der Waals surface area contributed by atoms with E-state index in [2.05, 4.69) is 125 Å². The Kier molecular flexibility index (Phi) is 6.54. The molecule has 0 aromatic heterocycles. The first-order valence-electron chi connectivity index (χ1n) is 10.2. The Labute approximate surface area is 180 Å². The lowest BCUT2D eigenvalue weighted by atomic mass is 10.2. The van der Waals surface area contributed by atoms with Crippen molar-refractivity contribution in [2.75, 3.05) is 0 Å². The third kappa shape index (κ3) is 3.95. The van der Waals surface area contributed by atoms with Gasteiger partial charge in [-0.25, -0.2) is 0 Å². The summed E-state index contributed by atoms with van der Waals surface area (Å²) in [5.41, 5.74) is 5.18. The summed E-state index contributed by atoms with van der Waals surface area (Å²) in [7, 11) is -1.98. The lowest BCUT2D eigenvalue weighted by Crippen LogP contribution is -3.00. The van der Waals surface area contributed by atoms with Crippen LogP contribution in [0.15, 0.2) is 97.1 Å². The van der Waals surface area contributed by atoms with Crippen molar-refractivity contribution >= 4 is 28.5 Å². The predicted molar refractivity (Wildman–Crippen MR) is 130 cm³/mol. The molecule has 0 atom stereocenters. The Morgan fingerprint density at radius 1 is 0.333 bits per heavy atom. The van der Waals surface area contributed by atoms with E-state index >= 15 is 0 Å². The van der Waals surface area contributed by atoms with Crippen LogP contribution in [0.1, 0.15) is 22.3 Å². The number of hydrogen-bond donors (Lipinski definition) is 0. The number of hydrogen-bond acceptors (Lipinski definition) is 0. The smallest absolute Gasteiger partial charge is 0.144 e. The van der Waals surface area contributed by atoms with Gasteiger partial charge in [0.05, 0.1) is 0 Å². The van der Waals surface area contributed by atoms with Crippen LogP contribution in [0.4, 0.5) is 0 Å². The third-order valence-electron chi connectivity index (χ3n) is 5.69. The maximum atomic E-state index is 2.34. The van der Waals surface area contributed by atoms with Crippen molar-refractivity contribution < 1.29 is 4.70 Å². The highest BCUT2D eigenvalue weighted by Crippen LogP contribution is 2.54. The normalized spacial score (nSPS) is 11.1. The molecule has 152 valence electrons. The van der Waals surface area contributed by atoms with Crippen molar-refractivity contribution in [3.63, 3.8) is 0 Å². The number of halogens is 1. The molecule has 0 aliphatic carbocycles. The second kappa shape index (κ2) is 8.94. The van der Waals surface area contributed by atoms with Gasteiger partial charge in [0.15, 0.2) is 0 Å². The average molecular weight is 415 g/mol. The Morgan fingerprint density at radius 3 is 0.667 bits per heavy atom. The number of rotatable bonds is 4. The molecule has 0 nitrogen and oxygen atoms in total. The summed E-state index contributed by atoms with van der Waals surface area (Å²) in [5, 5.41) is 5.61. The molecule has 0 bridgehead atoms. The van der Waals surface area contributed by atoms with E-state index in [0.29, 0.717) is 0 Å². The summed E-state index contributed by atoms with van der Waals surface area (Å²) in [6.07, 6.45) is 0. The highest BCUT2D eigenvalue weighted by Gasteiger charge is 2.47. The number of aryl methyl sites for hydroxylation is 4. The van der Waals surface area contributed by atoms with E-state index in [1.807, 2.05) is 0 Å². The fourth-order valence-corrected chi connectivity index (χ4v) is 8.14. The zero-order chi connectivity index (χ0) is 20.4.